The lowest BCUT2D eigenvalue weighted by molar-refractivity contribution is -0.333. The molecule has 2 heterocycles. The van der Waals surface area contributed by atoms with Crippen LogP contribution in [0, 0.1) is 0 Å². The normalized spacial score (nSPS) is 24.7. The van der Waals surface area contributed by atoms with E-state index >= 15 is 0 Å². The zero-order valence-electron chi connectivity index (χ0n) is 22.0. The van der Waals surface area contributed by atoms with Gasteiger partial charge >= 0.3 is 11.9 Å². The first-order chi connectivity index (χ1) is 19.9. The first-order valence-electron chi connectivity index (χ1n) is 12.9. The van der Waals surface area contributed by atoms with Crippen molar-refractivity contribution in [2.75, 3.05) is 13.2 Å². The third-order valence-electron chi connectivity index (χ3n) is 6.92. The van der Waals surface area contributed by atoms with Gasteiger partial charge < -0.3 is 54.4 Å². The standard InChI is InChI=1S/C28H30O14/c29-9-1-2-21(31)28(38)25(36)20(13-40-23(34)11-22(32)33)42-27(26(28)37)41-16-7-8-17-19(10-16)39-12-18(24(17)35)14-3-5-15(30)6-4-14/h3-8,10,12,20-21,25-27,29-31,36-38H,1-2,9,11,13H2,(H,32,33). The predicted octanol–water partition coefficient (Wildman–Crippen LogP) is -0.127. The van der Waals surface area contributed by atoms with Crippen LogP contribution in [0.2, 0.25) is 0 Å². The number of carbonyl (C=O) groups excluding carboxylic acids is 1. The topological polar surface area (TPSA) is 234 Å². The number of benzene rings is 2. The first kappa shape index (κ1) is 30.9. The highest BCUT2D eigenvalue weighted by atomic mass is 16.7. The zero-order chi connectivity index (χ0) is 30.6. The molecule has 0 spiro atoms. The summed E-state index contributed by atoms with van der Waals surface area (Å²) in [5, 5.41) is 71.4. The molecule has 3 aromatic rings. The van der Waals surface area contributed by atoms with Crippen molar-refractivity contribution in [3.05, 3.63) is 59.0 Å². The number of hydrogen-bond donors (Lipinski definition) is 7. The van der Waals surface area contributed by atoms with E-state index in [1.165, 1.54) is 36.6 Å². The van der Waals surface area contributed by atoms with Crippen LogP contribution in [0.5, 0.6) is 11.5 Å². The van der Waals surface area contributed by atoms with E-state index in [0.29, 0.717) is 5.56 Å². The fourth-order valence-electron chi connectivity index (χ4n) is 4.65. The van der Waals surface area contributed by atoms with Gasteiger partial charge in [0.05, 0.1) is 17.1 Å². The monoisotopic (exact) mass is 590 g/mol. The van der Waals surface area contributed by atoms with E-state index in [1.807, 2.05) is 0 Å². The predicted molar refractivity (Wildman–Crippen MR) is 141 cm³/mol. The second-order valence-electron chi connectivity index (χ2n) is 9.76. The van der Waals surface area contributed by atoms with Gasteiger partial charge in [-0.05, 0) is 42.7 Å². The van der Waals surface area contributed by atoms with E-state index in [2.05, 4.69) is 0 Å². The molecule has 14 heteroatoms. The van der Waals surface area contributed by atoms with Gasteiger partial charge in [-0.25, -0.2) is 0 Å². The summed E-state index contributed by atoms with van der Waals surface area (Å²) >= 11 is 0. The summed E-state index contributed by atoms with van der Waals surface area (Å²) in [6, 6.07) is 9.98. The molecule has 1 fully saturated rings. The molecule has 0 radical (unpaired) electrons. The Bertz CT molecular complexity index is 1470. The Hall–Kier alpha value is -4.05. The highest BCUT2D eigenvalue weighted by Crippen LogP contribution is 2.36. The van der Waals surface area contributed by atoms with Gasteiger partial charge in [-0.3, -0.25) is 14.4 Å². The molecule has 4 rings (SSSR count). The van der Waals surface area contributed by atoms with Crippen LogP contribution in [0.1, 0.15) is 19.3 Å². The smallest absolute Gasteiger partial charge is 0.317 e. The number of carboxylic acid groups (broad SMARTS) is 1. The number of aliphatic hydroxyl groups is 5. The summed E-state index contributed by atoms with van der Waals surface area (Å²) in [5.74, 6) is -2.62. The van der Waals surface area contributed by atoms with Gasteiger partial charge in [0.15, 0.2) is 11.0 Å². The number of carbonyl (C=O) groups is 2. The summed E-state index contributed by atoms with van der Waals surface area (Å²) in [5.41, 5.74) is -2.24. The quantitative estimate of drug-likeness (QED) is 0.114. The van der Waals surface area contributed by atoms with E-state index in [9.17, 15) is 39.9 Å². The average molecular weight is 591 g/mol. The number of carboxylic acids is 1. The van der Waals surface area contributed by atoms with Gasteiger partial charge in [0, 0.05) is 12.7 Å². The van der Waals surface area contributed by atoms with Gasteiger partial charge in [0.2, 0.25) is 6.29 Å². The molecule has 1 aromatic heterocycles. The van der Waals surface area contributed by atoms with Crippen molar-refractivity contribution in [2.45, 2.75) is 55.6 Å². The number of phenolic OH excluding ortho intramolecular Hbond substituents is 1. The van der Waals surface area contributed by atoms with Crippen LogP contribution in [-0.4, -0.2) is 97.2 Å². The van der Waals surface area contributed by atoms with E-state index < -0.39 is 61.3 Å². The van der Waals surface area contributed by atoms with Crippen LogP contribution in [0.4, 0.5) is 0 Å². The van der Waals surface area contributed by atoms with Gasteiger partial charge in [-0.2, -0.15) is 0 Å². The van der Waals surface area contributed by atoms with Crippen LogP contribution in [0.15, 0.2) is 57.9 Å². The Morgan fingerprint density at radius 1 is 1.07 bits per heavy atom. The number of hydrogen-bond acceptors (Lipinski definition) is 13. The minimum Gasteiger partial charge on any atom is -0.508 e. The van der Waals surface area contributed by atoms with Crippen LogP contribution in [-0.2, 0) is 19.1 Å². The van der Waals surface area contributed by atoms with Crippen molar-refractivity contribution in [1.82, 2.24) is 0 Å². The second-order valence-corrected chi connectivity index (χ2v) is 9.76. The maximum Gasteiger partial charge on any atom is 0.317 e. The number of aliphatic carboxylic acids is 1. The minimum atomic E-state index is -2.69. The molecule has 0 aliphatic carbocycles. The van der Waals surface area contributed by atoms with Crippen LogP contribution in [0.3, 0.4) is 0 Å². The summed E-state index contributed by atoms with van der Waals surface area (Å²) in [7, 11) is 0. The van der Waals surface area contributed by atoms with Crippen molar-refractivity contribution in [1.29, 1.82) is 0 Å². The molecule has 1 aliphatic rings. The van der Waals surface area contributed by atoms with E-state index in [0.717, 1.165) is 0 Å². The lowest BCUT2D eigenvalue weighted by atomic mass is 9.78. The molecule has 42 heavy (non-hydrogen) atoms. The molecule has 6 unspecified atom stereocenters. The van der Waals surface area contributed by atoms with Crippen molar-refractivity contribution in [3.63, 3.8) is 0 Å². The minimum absolute atomic E-state index is 0.00337. The number of rotatable bonds is 11. The Morgan fingerprint density at radius 2 is 1.79 bits per heavy atom. The lowest BCUT2D eigenvalue weighted by Crippen LogP contribution is -2.72. The number of fused-ring (bicyclic) bond motifs is 1. The number of aromatic hydroxyl groups is 1. The highest BCUT2D eigenvalue weighted by Gasteiger charge is 2.59. The molecule has 6 atom stereocenters. The van der Waals surface area contributed by atoms with Gasteiger partial charge in [0.25, 0.3) is 0 Å². The SMILES string of the molecule is O=C(O)CC(=O)OCC1OC(Oc2ccc3c(=O)c(-c4ccc(O)cc4)coc3c2)C(O)C(O)(C(O)CCCO)C1O. The zero-order valence-corrected chi connectivity index (χ0v) is 22.0. The number of phenols is 1. The average Bonchev–Trinajstić information content (AvgIpc) is 2.96. The molecule has 0 saturated carbocycles. The fourth-order valence-corrected chi connectivity index (χ4v) is 4.65. The Morgan fingerprint density at radius 3 is 2.45 bits per heavy atom. The largest absolute Gasteiger partial charge is 0.508 e. The third-order valence-corrected chi connectivity index (χ3v) is 6.92. The van der Waals surface area contributed by atoms with Crippen molar-refractivity contribution >= 4 is 22.9 Å². The van der Waals surface area contributed by atoms with Gasteiger partial charge in [0.1, 0.15) is 54.7 Å². The van der Waals surface area contributed by atoms with Crippen LogP contribution in [0.25, 0.3) is 22.1 Å². The van der Waals surface area contributed by atoms with Gasteiger partial charge in [-0.1, -0.05) is 12.1 Å². The number of aliphatic hydroxyl groups excluding tert-OH is 4. The van der Waals surface area contributed by atoms with E-state index in [4.69, 9.17) is 28.8 Å². The maximum atomic E-state index is 13.1. The lowest BCUT2D eigenvalue weighted by Gasteiger charge is -2.49. The first-order valence-corrected chi connectivity index (χ1v) is 12.9. The molecular weight excluding hydrogens is 560 g/mol. The molecular formula is C28H30O14. The number of ether oxygens (including phenoxy) is 3. The number of esters is 1. The maximum absolute atomic E-state index is 13.1. The van der Waals surface area contributed by atoms with Gasteiger partial charge in [-0.15, -0.1) is 0 Å². The molecule has 7 N–H and O–H groups in total. The Labute approximate surface area is 237 Å². The third kappa shape index (κ3) is 6.38. The Kier molecular flexibility index (Phi) is 9.46. The fraction of sp³-hybridized carbons (Fsp3) is 0.393. The van der Waals surface area contributed by atoms with E-state index in [-0.39, 0.29) is 52.9 Å². The summed E-state index contributed by atoms with van der Waals surface area (Å²) in [6.45, 7) is -1.12. The van der Waals surface area contributed by atoms with Crippen molar-refractivity contribution < 1.29 is 64.0 Å². The highest BCUT2D eigenvalue weighted by molar-refractivity contribution is 5.90. The summed E-state index contributed by atoms with van der Waals surface area (Å²) in [4.78, 5) is 35.6. The van der Waals surface area contributed by atoms with Crippen LogP contribution < -0.4 is 10.2 Å². The molecule has 0 bridgehead atoms. The molecule has 14 nitrogen and oxygen atoms in total. The molecule has 2 aromatic carbocycles. The Balaban J connectivity index is 1.61. The molecule has 1 saturated heterocycles. The molecule has 226 valence electrons. The molecule has 0 amide bonds. The van der Waals surface area contributed by atoms with E-state index in [1.54, 1.807) is 12.1 Å². The van der Waals surface area contributed by atoms with Crippen LogP contribution >= 0.6 is 0 Å². The molecule has 1 aliphatic heterocycles. The van der Waals surface area contributed by atoms with Crippen molar-refractivity contribution in [3.8, 4) is 22.6 Å². The van der Waals surface area contributed by atoms with Crippen molar-refractivity contribution in [2.24, 2.45) is 0 Å². The second kappa shape index (κ2) is 12.9. The summed E-state index contributed by atoms with van der Waals surface area (Å²) < 4.78 is 21.7. The summed E-state index contributed by atoms with van der Waals surface area (Å²) in [6.07, 6.45) is -9.27.